The zero-order chi connectivity index (χ0) is 18.3. The first-order valence-electron chi connectivity index (χ1n) is 9.26. The summed E-state index contributed by atoms with van der Waals surface area (Å²) in [4.78, 5) is 40.4. The van der Waals surface area contributed by atoms with Crippen LogP contribution in [0, 0.1) is 0 Å². The van der Waals surface area contributed by atoms with Crippen molar-refractivity contribution < 1.29 is 14.4 Å². The normalized spacial score (nSPS) is 24.7. The summed E-state index contributed by atoms with van der Waals surface area (Å²) in [7, 11) is 0. The number of likely N-dealkylation sites (tertiary alicyclic amines) is 1. The molecule has 2 fully saturated rings. The highest BCUT2D eigenvalue weighted by atomic mass is 16.2. The van der Waals surface area contributed by atoms with Gasteiger partial charge in [-0.05, 0) is 49.5 Å². The molecule has 0 aliphatic carbocycles. The van der Waals surface area contributed by atoms with E-state index in [0.29, 0.717) is 18.5 Å². The summed E-state index contributed by atoms with van der Waals surface area (Å²) < 4.78 is 0. The second-order valence-corrected chi connectivity index (χ2v) is 7.46. The molecule has 3 aliphatic rings. The summed E-state index contributed by atoms with van der Waals surface area (Å²) in [6, 6.07) is 5.54. The van der Waals surface area contributed by atoms with Crippen molar-refractivity contribution >= 4 is 17.7 Å². The molecule has 0 radical (unpaired) electrons. The van der Waals surface area contributed by atoms with Crippen LogP contribution in [-0.4, -0.2) is 52.7 Å². The molecular weight excluding hydrogens is 332 g/mol. The van der Waals surface area contributed by atoms with E-state index in [1.165, 1.54) is 0 Å². The minimum absolute atomic E-state index is 0.114. The van der Waals surface area contributed by atoms with Crippen LogP contribution in [0.3, 0.4) is 0 Å². The average molecular weight is 356 g/mol. The number of imide groups is 1. The first-order valence-corrected chi connectivity index (χ1v) is 9.26. The Labute approximate surface area is 152 Å². The van der Waals surface area contributed by atoms with Gasteiger partial charge in [0, 0.05) is 31.1 Å². The molecule has 3 heterocycles. The number of benzene rings is 1. The van der Waals surface area contributed by atoms with E-state index in [4.69, 9.17) is 5.73 Å². The monoisotopic (exact) mass is 356 g/mol. The Hall–Kier alpha value is -2.25. The van der Waals surface area contributed by atoms with Gasteiger partial charge in [-0.25, -0.2) is 0 Å². The number of nitrogens with one attached hydrogen (secondary N) is 1. The van der Waals surface area contributed by atoms with Crippen molar-refractivity contribution in [3.63, 3.8) is 0 Å². The van der Waals surface area contributed by atoms with Crippen LogP contribution in [-0.2, 0) is 22.7 Å². The molecule has 0 saturated carbocycles. The predicted octanol–water partition coefficient (Wildman–Crippen LogP) is 0.371. The number of amides is 3. The molecule has 0 spiro atoms. The Bertz CT molecular complexity index is 755. The van der Waals surface area contributed by atoms with Crippen LogP contribution in [0.5, 0.6) is 0 Å². The zero-order valence-electron chi connectivity index (χ0n) is 14.7. The number of piperidine rings is 2. The van der Waals surface area contributed by atoms with E-state index in [1.54, 1.807) is 4.90 Å². The van der Waals surface area contributed by atoms with Gasteiger partial charge in [0.25, 0.3) is 5.91 Å². The smallest absolute Gasteiger partial charge is 0.255 e. The van der Waals surface area contributed by atoms with Gasteiger partial charge in [-0.15, -0.1) is 0 Å². The molecule has 2 saturated heterocycles. The van der Waals surface area contributed by atoms with Crippen LogP contribution < -0.4 is 11.1 Å². The number of carbonyl (C=O) groups is 3. The summed E-state index contributed by atoms with van der Waals surface area (Å²) in [5, 5.41) is 2.35. The van der Waals surface area contributed by atoms with Crippen LogP contribution in [0.15, 0.2) is 18.2 Å². The quantitative estimate of drug-likeness (QED) is 0.763. The first kappa shape index (κ1) is 17.2. The zero-order valence-corrected chi connectivity index (χ0v) is 14.7. The van der Waals surface area contributed by atoms with Gasteiger partial charge in [-0.3, -0.25) is 24.6 Å². The van der Waals surface area contributed by atoms with Gasteiger partial charge < -0.3 is 10.6 Å². The molecule has 7 heteroatoms. The van der Waals surface area contributed by atoms with Gasteiger partial charge in [0.15, 0.2) is 0 Å². The Kier molecular flexibility index (Phi) is 4.50. The number of nitrogens with two attached hydrogens (primary N) is 1. The topological polar surface area (TPSA) is 95.7 Å². The number of hydrogen-bond acceptors (Lipinski definition) is 5. The number of hydrogen-bond donors (Lipinski definition) is 2. The van der Waals surface area contributed by atoms with Crippen molar-refractivity contribution in [2.24, 2.45) is 5.73 Å². The molecule has 3 amide bonds. The minimum Gasteiger partial charge on any atom is -0.328 e. The van der Waals surface area contributed by atoms with E-state index in [1.807, 2.05) is 12.1 Å². The fourth-order valence-corrected chi connectivity index (χ4v) is 4.15. The van der Waals surface area contributed by atoms with Crippen LogP contribution in [0.4, 0.5) is 0 Å². The summed E-state index contributed by atoms with van der Waals surface area (Å²) >= 11 is 0. The Morgan fingerprint density at radius 1 is 1.12 bits per heavy atom. The maximum Gasteiger partial charge on any atom is 0.255 e. The van der Waals surface area contributed by atoms with Crippen molar-refractivity contribution in [2.45, 2.75) is 50.9 Å². The number of fused-ring (bicyclic) bond motifs is 1. The lowest BCUT2D eigenvalue weighted by Crippen LogP contribution is -2.52. The molecule has 3 aliphatic heterocycles. The summed E-state index contributed by atoms with van der Waals surface area (Å²) in [6.07, 6.45) is 2.66. The van der Waals surface area contributed by atoms with Crippen LogP contribution >= 0.6 is 0 Å². The van der Waals surface area contributed by atoms with Crippen molar-refractivity contribution in [3.8, 4) is 0 Å². The van der Waals surface area contributed by atoms with E-state index in [0.717, 1.165) is 43.6 Å². The van der Waals surface area contributed by atoms with Crippen molar-refractivity contribution in [1.29, 1.82) is 0 Å². The highest BCUT2D eigenvalue weighted by molar-refractivity contribution is 6.05. The summed E-state index contributed by atoms with van der Waals surface area (Å²) in [5.74, 6) is -0.745. The largest absolute Gasteiger partial charge is 0.328 e. The van der Waals surface area contributed by atoms with E-state index in [-0.39, 0.29) is 30.2 Å². The molecule has 4 rings (SSSR count). The van der Waals surface area contributed by atoms with Gasteiger partial charge >= 0.3 is 0 Å². The molecule has 0 bridgehead atoms. The van der Waals surface area contributed by atoms with Crippen LogP contribution in [0.25, 0.3) is 0 Å². The molecule has 0 aromatic heterocycles. The van der Waals surface area contributed by atoms with Crippen molar-refractivity contribution in [2.75, 3.05) is 13.1 Å². The highest BCUT2D eigenvalue weighted by Gasteiger charge is 2.39. The van der Waals surface area contributed by atoms with Gasteiger partial charge in [0.05, 0.1) is 0 Å². The standard InChI is InChI=1S/C19H24N4O3/c20-13-6-8-22(9-7-13)10-12-2-1-3-14-15(12)11-23(19(14)26)16-4-5-17(24)21-18(16)25/h1-3,13,16H,4-11,20H2,(H,21,24,25). The fraction of sp³-hybridized carbons (Fsp3) is 0.526. The van der Waals surface area contributed by atoms with E-state index in [9.17, 15) is 14.4 Å². The van der Waals surface area contributed by atoms with E-state index in [2.05, 4.69) is 16.3 Å². The Morgan fingerprint density at radius 2 is 1.88 bits per heavy atom. The lowest BCUT2D eigenvalue weighted by molar-refractivity contribution is -0.136. The number of carbonyl (C=O) groups excluding carboxylic acids is 3. The second kappa shape index (κ2) is 6.81. The Morgan fingerprint density at radius 3 is 2.62 bits per heavy atom. The minimum atomic E-state index is -0.562. The molecule has 1 aromatic carbocycles. The SMILES string of the molecule is NC1CCN(Cc2cccc3c2CN(C2CCC(=O)NC2=O)C3=O)CC1. The maximum absolute atomic E-state index is 12.8. The molecule has 1 atom stereocenters. The lowest BCUT2D eigenvalue weighted by Gasteiger charge is -2.31. The lowest BCUT2D eigenvalue weighted by atomic mass is 10.0. The van der Waals surface area contributed by atoms with Crippen LogP contribution in [0.2, 0.25) is 0 Å². The first-order chi connectivity index (χ1) is 12.5. The molecule has 3 N–H and O–H groups in total. The van der Waals surface area contributed by atoms with Crippen molar-refractivity contribution in [1.82, 2.24) is 15.1 Å². The highest BCUT2D eigenvalue weighted by Crippen LogP contribution is 2.30. The molecule has 1 unspecified atom stereocenters. The molecule has 138 valence electrons. The molecule has 1 aromatic rings. The second-order valence-electron chi connectivity index (χ2n) is 7.46. The molecular formula is C19H24N4O3. The number of rotatable bonds is 3. The van der Waals surface area contributed by atoms with E-state index >= 15 is 0 Å². The van der Waals surface area contributed by atoms with Gasteiger partial charge in [-0.2, -0.15) is 0 Å². The number of nitrogens with zero attached hydrogens (tertiary/aromatic N) is 2. The Balaban J connectivity index is 1.52. The third kappa shape index (κ3) is 3.12. The van der Waals surface area contributed by atoms with E-state index < -0.39 is 6.04 Å². The third-order valence-electron chi connectivity index (χ3n) is 5.71. The van der Waals surface area contributed by atoms with Gasteiger partial charge in [0.1, 0.15) is 6.04 Å². The summed E-state index contributed by atoms with van der Waals surface area (Å²) in [6.45, 7) is 3.17. The third-order valence-corrected chi connectivity index (χ3v) is 5.71. The van der Waals surface area contributed by atoms with Crippen LogP contribution in [0.1, 0.15) is 47.2 Å². The van der Waals surface area contributed by atoms with Gasteiger partial charge in [-0.1, -0.05) is 12.1 Å². The fourth-order valence-electron chi connectivity index (χ4n) is 4.15. The van der Waals surface area contributed by atoms with Gasteiger partial charge in [0.2, 0.25) is 11.8 Å². The average Bonchev–Trinajstić information content (AvgIpc) is 2.95. The summed E-state index contributed by atoms with van der Waals surface area (Å²) in [5.41, 5.74) is 8.81. The van der Waals surface area contributed by atoms with Crippen molar-refractivity contribution in [3.05, 3.63) is 34.9 Å². The predicted molar refractivity (Wildman–Crippen MR) is 95.0 cm³/mol. The maximum atomic E-state index is 12.8. The molecule has 26 heavy (non-hydrogen) atoms. The molecule has 7 nitrogen and oxygen atoms in total.